The Morgan fingerprint density at radius 2 is 1.97 bits per heavy atom. The molecule has 0 aliphatic carbocycles. The second-order valence-electron chi connectivity index (χ2n) is 8.83. The van der Waals surface area contributed by atoms with E-state index in [-0.39, 0.29) is 18.2 Å². The summed E-state index contributed by atoms with van der Waals surface area (Å²) in [5.41, 5.74) is 1.91. The molecule has 0 fully saturated rings. The van der Waals surface area contributed by atoms with Gasteiger partial charge in [-0.25, -0.2) is 4.98 Å². The lowest BCUT2D eigenvalue weighted by molar-refractivity contribution is -0.125. The molecule has 0 saturated carbocycles. The molecular formula is C26H28N4O3. The second-order valence-corrected chi connectivity index (χ2v) is 8.83. The number of aryl methyl sites for hydroxylation is 1. The van der Waals surface area contributed by atoms with Crippen LogP contribution >= 0.6 is 0 Å². The predicted molar refractivity (Wildman–Crippen MR) is 128 cm³/mol. The molecule has 5 rings (SSSR count). The fourth-order valence-corrected chi connectivity index (χ4v) is 5.70. The van der Waals surface area contributed by atoms with E-state index >= 15 is 0 Å². The van der Waals surface area contributed by atoms with Crippen LogP contribution in [0.25, 0.3) is 10.9 Å². The van der Waals surface area contributed by atoms with Gasteiger partial charge in [-0.3, -0.25) is 14.2 Å². The smallest absolute Gasteiger partial charge is 0.262 e. The van der Waals surface area contributed by atoms with E-state index in [0.29, 0.717) is 42.4 Å². The fourth-order valence-electron chi connectivity index (χ4n) is 5.70. The van der Waals surface area contributed by atoms with Gasteiger partial charge >= 0.3 is 0 Å². The number of anilines is 1. The van der Waals surface area contributed by atoms with E-state index in [1.54, 1.807) is 10.6 Å². The summed E-state index contributed by atoms with van der Waals surface area (Å²) in [7, 11) is 0. The first-order valence-corrected chi connectivity index (χ1v) is 11.4. The first kappa shape index (κ1) is 21.4. The maximum atomic E-state index is 13.7. The average Bonchev–Trinajstić information content (AvgIpc) is 3.10. The number of aliphatic hydroxyl groups excluding tert-OH is 1. The Morgan fingerprint density at radius 3 is 2.73 bits per heavy atom. The average molecular weight is 445 g/mol. The van der Waals surface area contributed by atoms with Crippen LogP contribution in [0.5, 0.6) is 0 Å². The normalized spacial score (nSPS) is 24.2. The highest BCUT2D eigenvalue weighted by molar-refractivity contribution is 5.83. The molecule has 3 aromatic rings. The third-order valence-corrected chi connectivity index (χ3v) is 7.20. The van der Waals surface area contributed by atoms with Gasteiger partial charge in [-0.1, -0.05) is 43.3 Å². The Kier molecular flexibility index (Phi) is 5.29. The third kappa shape index (κ3) is 3.10. The first-order valence-electron chi connectivity index (χ1n) is 11.4. The van der Waals surface area contributed by atoms with Crippen molar-refractivity contribution in [3.05, 3.63) is 82.9 Å². The van der Waals surface area contributed by atoms with Crippen molar-refractivity contribution < 1.29 is 9.90 Å². The minimum Gasteiger partial charge on any atom is -0.376 e. The highest BCUT2D eigenvalue weighted by atomic mass is 16.3. The van der Waals surface area contributed by atoms with E-state index in [4.69, 9.17) is 4.98 Å². The van der Waals surface area contributed by atoms with Gasteiger partial charge in [0.2, 0.25) is 5.91 Å². The number of hydrogen-bond acceptors (Lipinski definition) is 5. The van der Waals surface area contributed by atoms with Gasteiger partial charge in [-0.05, 0) is 43.0 Å². The number of benzene rings is 2. The number of nitrogens with zero attached hydrogens (tertiary/aromatic N) is 3. The summed E-state index contributed by atoms with van der Waals surface area (Å²) in [4.78, 5) is 33.9. The summed E-state index contributed by atoms with van der Waals surface area (Å²) >= 11 is 0. The van der Waals surface area contributed by atoms with Gasteiger partial charge in [0.1, 0.15) is 24.8 Å². The monoisotopic (exact) mass is 444 g/mol. The summed E-state index contributed by atoms with van der Waals surface area (Å²) in [6, 6.07) is 14.5. The Balaban J connectivity index is 1.75. The zero-order valence-corrected chi connectivity index (χ0v) is 18.7. The van der Waals surface area contributed by atoms with E-state index in [1.165, 1.54) is 0 Å². The van der Waals surface area contributed by atoms with Crippen molar-refractivity contribution in [2.75, 3.05) is 11.6 Å². The van der Waals surface area contributed by atoms with Crippen molar-refractivity contribution in [1.29, 1.82) is 0 Å². The molecule has 0 bridgehead atoms. The van der Waals surface area contributed by atoms with Crippen molar-refractivity contribution in [3.63, 3.8) is 0 Å². The lowest BCUT2D eigenvalue weighted by atomic mass is 9.73. The van der Waals surface area contributed by atoms with Crippen LogP contribution in [0.15, 0.2) is 66.0 Å². The van der Waals surface area contributed by atoms with Gasteiger partial charge in [0.15, 0.2) is 0 Å². The molecule has 0 radical (unpaired) electrons. The maximum Gasteiger partial charge on any atom is 0.262 e. The number of allylic oxidation sites excluding steroid dienone is 1. The van der Waals surface area contributed by atoms with Crippen LogP contribution in [0.3, 0.4) is 0 Å². The molecule has 7 heteroatoms. The Morgan fingerprint density at radius 1 is 1.21 bits per heavy atom. The molecule has 0 saturated heterocycles. The number of fused-ring (bicyclic) bond motifs is 5. The van der Waals surface area contributed by atoms with Gasteiger partial charge in [0, 0.05) is 17.5 Å². The number of hydrogen-bond donors (Lipinski definition) is 2. The van der Waals surface area contributed by atoms with Crippen molar-refractivity contribution in [1.82, 2.24) is 14.9 Å². The lowest BCUT2D eigenvalue weighted by Crippen LogP contribution is -2.57. The number of nitrogens with one attached hydrogen (secondary N) is 1. The molecule has 3 atom stereocenters. The topological polar surface area (TPSA) is 87.5 Å². The number of rotatable bonds is 4. The third-order valence-electron chi connectivity index (χ3n) is 7.20. The standard InChI is InChI=1S/C26H28N4O3/c1-3-14-26-15-13-22-27-19-11-7-5-9-17(19)24(33)30(22)20(4-2)23(32)28-25(26)29(16-31)21-12-8-6-10-18(21)26/h3,5-12,20,25,31H,1,4,13-16H2,2H3,(H,28,32). The van der Waals surface area contributed by atoms with Crippen LogP contribution in [0.4, 0.5) is 5.69 Å². The van der Waals surface area contributed by atoms with Gasteiger partial charge in [-0.2, -0.15) is 0 Å². The van der Waals surface area contributed by atoms with Crippen LogP contribution in [0.2, 0.25) is 0 Å². The highest BCUT2D eigenvalue weighted by Gasteiger charge is 2.51. The van der Waals surface area contributed by atoms with Crippen LogP contribution in [0.1, 0.15) is 43.6 Å². The van der Waals surface area contributed by atoms with E-state index in [9.17, 15) is 14.7 Å². The Bertz CT molecular complexity index is 1300. The summed E-state index contributed by atoms with van der Waals surface area (Å²) in [6.07, 6.45) is 3.63. The molecule has 2 aliphatic rings. The van der Waals surface area contributed by atoms with Crippen LogP contribution in [-0.4, -0.2) is 33.5 Å². The van der Waals surface area contributed by atoms with Crippen LogP contribution in [0, 0.1) is 0 Å². The van der Waals surface area contributed by atoms with Crippen molar-refractivity contribution in [2.24, 2.45) is 0 Å². The molecule has 2 N–H and O–H groups in total. The van der Waals surface area contributed by atoms with Gasteiger partial charge < -0.3 is 15.3 Å². The molecule has 3 heterocycles. The Labute approximate surface area is 192 Å². The number of carbonyl (C=O) groups is 1. The molecule has 2 aromatic carbocycles. The first-order chi connectivity index (χ1) is 16.1. The number of amides is 1. The predicted octanol–water partition coefficient (Wildman–Crippen LogP) is 3.02. The molecule has 3 unspecified atom stereocenters. The SMILES string of the molecule is C=CCC12CCc3nc4ccccc4c(=O)n3C(CC)C(=O)NC1N(CO)c1ccccc12. The molecule has 2 aliphatic heterocycles. The van der Waals surface area contributed by atoms with Gasteiger partial charge in [0.05, 0.1) is 10.9 Å². The zero-order chi connectivity index (χ0) is 23.2. The molecule has 0 spiro atoms. The van der Waals surface area contributed by atoms with Crippen LogP contribution in [-0.2, 0) is 16.6 Å². The van der Waals surface area contributed by atoms with Gasteiger partial charge in [-0.15, -0.1) is 6.58 Å². The minimum atomic E-state index is -0.687. The number of para-hydroxylation sites is 2. The van der Waals surface area contributed by atoms with Crippen molar-refractivity contribution in [3.8, 4) is 0 Å². The molecule has 170 valence electrons. The van der Waals surface area contributed by atoms with Crippen LogP contribution < -0.4 is 15.8 Å². The summed E-state index contributed by atoms with van der Waals surface area (Å²) in [5, 5.41) is 14.0. The number of carbonyl (C=O) groups excluding carboxylic acids is 1. The largest absolute Gasteiger partial charge is 0.376 e. The van der Waals surface area contributed by atoms with E-state index in [1.807, 2.05) is 54.3 Å². The summed E-state index contributed by atoms with van der Waals surface area (Å²) in [5.74, 6) is 0.370. The Hall–Kier alpha value is -3.45. The van der Waals surface area contributed by atoms with E-state index in [0.717, 1.165) is 11.3 Å². The zero-order valence-electron chi connectivity index (χ0n) is 18.7. The van der Waals surface area contributed by atoms with Crippen molar-refractivity contribution in [2.45, 2.75) is 50.2 Å². The summed E-state index contributed by atoms with van der Waals surface area (Å²) < 4.78 is 1.58. The van der Waals surface area contributed by atoms with Gasteiger partial charge in [0.25, 0.3) is 5.56 Å². The minimum absolute atomic E-state index is 0.193. The molecule has 7 nitrogen and oxygen atoms in total. The molecule has 33 heavy (non-hydrogen) atoms. The lowest BCUT2D eigenvalue weighted by Gasteiger charge is -2.38. The summed E-state index contributed by atoms with van der Waals surface area (Å²) in [6.45, 7) is 5.67. The quantitative estimate of drug-likeness (QED) is 0.604. The second kappa shape index (κ2) is 8.15. The molecule has 1 amide bonds. The molecule has 1 aromatic heterocycles. The number of aromatic nitrogens is 2. The number of aliphatic hydroxyl groups is 1. The van der Waals surface area contributed by atoms with E-state index < -0.39 is 17.6 Å². The maximum absolute atomic E-state index is 13.7. The highest BCUT2D eigenvalue weighted by Crippen LogP contribution is 2.49. The fraction of sp³-hybridized carbons (Fsp3) is 0.346. The van der Waals surface area contributed by atoms with E-state index in [2.05, 4.69) is 18.0 Å². The molecular weight excluding hydrogens is 416 g/mol. The van der Waals surface area contributed by atoms with Crippen molar-refractivity contribution >= 4 is 22.5 Å².